The quantitative estimate of drug-likeness (QED) is 0.749. The number of carbonyl (C=O) groups is 1. The van der Waals surface area contributed by atoms with Crippen molar-refractivity contribution < 1.29 is 4.79 Å². The predicted octanol–water partition coefficient (Wildman–Crippen LogP) is 4.44. The van der Waals surface area contributed by atoms with E-state index in [9.17, 15) is 4.79 Å². The molecule has 0 amide bonds. The first-order valence-corrected chi connectivity index (χ1v) is 6.66. The topological polar surface area (TPSA) is 17.1 Å². The molecule has 2 aromatic rings. The largest absolute Gasteiger partial charge is 0.294 e. The summed E-state index contributed by atoms with van der Waals surface area (Å²) in [4.78, 5) is 13.2. The summed E-state index contributed by atoms with van der Waals surface area (Å²) in [5.74, 6) is 0.148. The van der Waals surface area contributed by atoms with Crippen molar-refractivity contribution in [2.45, 2.75) is 20.3 Å². The van der Waals surface area contributed by atoms with E-state index in [4.69, 9.17) is 11.6 Å². The molecule has 88 valence electrons. The first-order valence-electron chi connectivity index (χ1n) is 5.40. The third kappa shape index (κ3) is 2.76. The van der Waals surface area contributed by atoms with Crippen LogP contribution < -0.4 is 0 Å². The van der Waals surface area contributed by atoms with Gasteiger partial charge in [-0.05, 0) is 48.6 Å². The molecule has 0 radical (unpaired) electrons. The number of carbonyl (C=O) groups excluding carboxylic acids is 1. The number of hydrogen-bond acceptors (Lipinski definition) is 2. The number of halogens is 1. The monoisotopic (exact) mass is 264 g/mol. The summed E-state index contributed by atoms with van der Waals surface area (Å²) in [5.41, 5.74) is 2.67. The lowest BCUT2D eigenvalue weighted by atomic mass is 10.0. The Morgan fingerprint density at radius 3 is 2.47 bits per heavy atom. The fraction of sp³-hybridized carbons (Fsp3) is 0.214. The van der Waals surface area contributed by atoms with Gasteiger partial charge in [0, 0.05) is 21.9 Å². The first kappa shape index (κ1) is 12.3. The second kappa shape index (κ2) is 5.03. The molecule has 17 heavy (non-hydrogen) atoms. The van der Waals surface area contributed by atoms with Gasteiger partial charge < -0.3 is 0 Å². The normalized spacial score (nSPS) is 10.5. The highest BCUT2D eigenvalue weighted by Gasteiger charge is 2.11. The maximum atomic E-state index is 12.1. The van der Waals surface area contributed by atoms with E-state index in [0.29, 0.717) is 6.42 Å². The second-order valence-corrected chi connectivity index (χ2v) is 5.51. The van der Waals surface area contributed by atoms with E-state index in [-0.39, 0.29) is 5.78 Å². The van der Waals surface area contributed by atoms with Gasteiger partial charge in [0.25, 0.3) is 0 Å². The molecule has 2 rings (SSSR count). The molecule has 0 aliphatic heterocycles. The van der Waals surface area contributed by atoms with E-state index in [2.05, 4.69) is 0 Å². The number of hydrogen-bond donors (Lipinski definition) is 0. The van der Waals surface area contributed by atoms with Crippen LogP contribution in [0, 0.1) is 13.8 Å². The van der Waals surface area contributed by atoms with Crippen LogP contribution in [0.15, 0.2) is 29.6 Å². The third-order valence-corrected chi connectivity index (χ3v) is 4.15. The molecular formula is C14H13ClOS. The van der Waals surface area contributed by atoms with Gasteiger partial charge in [-0.15, -0.1) is 11.3 Å². The summed E-state index contributed by atoms with van der Waals surface area (Å²) in [5, 5.41) is 2.73. The fourth-order valence-electron chi connectivity index (χ4n) is 1.78. The maximum Gasteiger partial charge on any atom is 0.168 e. The fourth-order valence-corrected chi connectivity index (χ4v) is 2.59. The second-order valence-electron chi connectivity index (χ2n) is 4.10. The molecule has 0 atom stereocenters. The minimum absolute atomic E-state index is 0.148. The summed E-state index contributed by atoms with van der Waals surface area (Å²) >= 11 is 7.70. The van der Waals surface area contributed by atoms with Crippen LogP contribution in [-0.2, 0) is 6.42 Å². The molecule has 1 aromatic carbocycles. The lowest BCUT2D eigenvalue weighted by molar-refractivity contribution is 0.0993. The highest BCUT2D eigenvalue weighted by atomic mass is 35.5. The Bertz CT molecular complexity index is 520. The van der Waals surface area contributed by atoms with Crippen molar-refractivity contribution in [3.05, 3.63) is 56.2 Å². The minimum atomic E-state index is 0.148. The summed E-state index contributed by atoms with van der Waals surface area (Å²) in [7, 11) is 0. The highest BCUT2D eigenvalue weighted by molar-refractivity contribution is 7.10. The van der Waals surface area contributed by atoms with Gasteiger partial charge in [0.1, 0.15) is 0 Å². The third-order valence-electron chi connectivity index (χ3n) is 2.67. The van der Waals surface area contributed by atoms with Crippen molar-refractivity contribution in [2.75, 3.05) is 0 Å². The van der Waals surface area contributed by atoms with Gasteiger partial charge in [-0.25, -0.2) is 0 Å². The summed E-state index contributed by atoms with van der Waals surface area (Å²) in [6.45, 7) is 3.86. The molecule has 0 spiro atoms. The van der Waals surface area contributed by atoms with E-state index in [1.54, 1.807) is 11.3 Å². The number of aryl methyl sites for hydroxylation is 2. The van der Waals surface area contributed by atoms with Crippen molar-refractivity contribution >= 4 is 28.7 Å². The van der Waals surface area contributed by atoms with Crippen molar-refractivity contribution in [2.24, 2.45) is 0 Å². The van der Waals surface area contributed by atoms with Crippen LogP contribution in [0.2, 0.25) is 5.02 Å². The van der Waals surface area contributed by atoms with Crippen molar-refractivity contribution in [1.82, 2.24) is 0 Å². The molecular weight excluding hydrogens is 252 g/mol. The molecule has 0 aliphatic carbocycles. The number of ketones is 1. The molecule has 0 saturated heterocycles. The van der Waals surface area contributed by atoms with Gasteiger partial charge in [0.05, 0.1) is 0 Å². The van der Waals surface area contributed by atoms with Crippen molar-refractivity contribution in [3.8, 4) is 0 Å². The molecule has 1 nitrogen and oxygen atoms in total. The molecule has 1 heterocycles. The lowest BCUT2D eigenvalue weighted by Crippen LogP contribution is -2.03. The Morgan fingerprint density at radius 1 is 1.29 bits per heavy atom. The van der Waals surface area contributed by atoms with Crippen LogP contribution in [0.1, 0.15) is 26.4 Å². The van der Waals surface area contributed by atoms with E-state index in [0.717, 1.165) is 26.6 Å². The predicted molar refractivity (Wildman–Crippen MR) is 73.3 cm³/mol. The summed E-state index contributed by atoms with van der Waals surface area (Å²) in [6.07, 6.45) is 0.470. The van der Waals surface area contributed by atoms with E-state index >= 15 is 0 Å². The number of benzene rings is 1. The van der Waals surface area contributed by atoms with E-state index in [1.807, 2.05) is 43.5 Å². The zero-order valence-electron chi connectivity index (χ0n) is 9.79. The number of Topliss-reactive ketones (excluding diaryl/α,β-unsaturated/α-hetero) is 1. The number of thiophene rings is 1. The van der Waals surface area contributed by atoms with Gasteiger partial charge in [0.2, 0.25) is 0 Å². The van der Waals surface area contributed by atoms with E-state index in [1.165, 1.54) is 0 Å². The zero-order chi connectivity index (χ0) is 12.4. The first-order chi connectivity index (χ1) is 8.08. The Balaban J connectivity index is 2.26. The van der Waals surface area contributed by atoms with Crippen LogP contribution in [0.3, 0.4) is 0 Å². The van der Waals surface area contributed by atoms with Crippen LogP contribution in [0.25, 0.3) is 0 Å². The summed E-state index contributed by atoms with van der Waals surface area (Å²) in [6, 6.07) is 7.68. The van der Waals surface area contributed by atoms with Gasteiger partial charge in [0.15, 0.2) is 5.78 Å². The van der Waals surface area contributed by atoms with Crippen molar-refractivity contribution in [1.29, 1.82) is 0 Å². The van der Waals surface area contributed by atoms with Gasteiger partial charge in [-0.3, -0.25) is 4.79 Å². The molecule has 0 bridgehead atoms. The Morgan fingerprint density at radius 2 is 1.94 bits per heavy atom. The van der Waals surface area contributed by atoms with Crippen LogP contribution >= 0.6 is 22.9 Å². The molecule has 0 aliphatic rings. The van der Waals surface area contributed by atoms with Crippen LogP contribution in [-0.4, -0.2) is 5.78 Å². The van der Waals surface area contributed by atoms with Crippen LogP contribution in [0.5, 0.6) is 0 Å². The molecule has 0 fully saturated rings. The molecule has 0 unspecified atom stereocenters. The Kier molecular flexibility index (Phi) is 3.65. The van der Waals surface area contributed by atoms with Gasteiger partial charge in [-0.1, -0.05) is 17.7 Å². The van der Waals surface area contributed by atoms with E-state index < -0.39 is 0 Å². The molecule has 0 N–H and O–H groups in total. The Hall–Kier alpha value is -1.12. The Labute approximate surface area is 110 Å². The number of rotatable bonds is 3. The SMILES string of the molecule is Cc1cc(C(=O)Cc2cccs2)cc(C)c1Cl. The molecule has 3 heteroatoms. The highest BCUT2D eigenvalue weighted by Crippen LogP contribution is 2.23. The average molecular weight is 265 g/mol. The smallest absolute Gasteiger partial charge is 0.168 e. The standard InChI is InChI=1S/C14H13ClOS/c1-9-6-11(7-10(2)14(9)15)13(16)8-12-4-3-5-17-12/h3-7H,8H2,1-2H3. The lowest BCUT2D eigenvalue weighted by Gasteiger charge is -2.06. The van der Waals surface area contributed by atoms with Gasteiger partial charge in [-0.2, -0.15) is 0 Å². The molecule has 1 aromatic heterocycles. The minimum Gasteiger partial charge on any atom is -0.294 e. The maximum absolute atomic E-state index is 12.1. The van der Waals surface area contributed by atoms with Gasteiger partial charge >= 0.3 is 0 Å². The van der Waals surface area contributed by atoms with Crippen molar-refractivity contribution in [3.63, 3.8) is 0 Å². The van der Waals surface area contributed by atoms with Crippen LogP contribution in [0.4, 0.5) is 0 Å². The zero-order valence-corrected chi connectivity index (χ0v) is 11.4. The molecule has 0 saturated carbocycles. The summed E-state index contributed by atoms with van der Waals surface area (Å²) < 4.78 is 0. The average Bonchev–Trinajstić information content (AvgIpc) is 2.77.